The standard InChI is InChI=1S/C19H20N5O9P/c20-17-14-18(22-8-21-17)24(9-23-14)19-16(28)15(27)12(32-19)7-31-34(29,30)33-13(26)6-3-10-1-4-11(25)5-2-10/h1-6,8-9,12,15-16,19,25,27-28H,7H2,(H,29,30)(H2,20,21,22)/p-1/b6-3+/t12-,15-,16-,19-/m1/s1. The van der Waals surface area contributed by atoms with Gasteiger partial charge < -0.3 is 39.7 Å². The third-order valence-corrected chi connectivity index (χ3v) is 5.77. The van der Waals surface area contributed by atoms with Crippen LogP contribution in [0.2, 0.25) is 0 Å². The van der Waals surface area contributed by atoms with Gasteiger partial charge in [-0.05, 0) is 23.8 Å². The van der Waals surface area contributed by atoms with Crippen molar-refractivity contribution in [1.82, 2.24) is 19.5 Å². The lowest BCUT2D eigenvalue weighted by Crippen LogP contribution is -2.34. The number of ether oxygens (including phenoxy) is 1. The predicted molar refractivity (Wildman–Crippen MR) is 112 cm³/mol. The number of carbonyl (C=O) groups excluding carboxylic acids is 1. The Morgan fingerprint density at radius 2 is 1.97 bits per heavy atom. The number of aliphatic hydroxyl groups is 2. The molecule has 0 radical (unpaired) electrons. The van der Waals surface area contributed by atoms with E-state index in [0.29, 0.717) is 5.56 Å². The number of hydrogen-bond donors (Lipinski definition) is 4. The number of phosphoric acid groups is 1. The number of phenols is 1. The van der Waals surface area contributed by atoms with Gasteiger partial charge in [0.1, 0.15) is 35.9 Å². The molecule has 5 N–H and O–H groups in total. The number of nitrogen functional groups attached to an aromatic ring is 1. The van der Waals surface area contributed by atoms with E-state index in [-0.39, 0.29) is 22.7 Å². The number of nitrogens with zero attached hydrogens (tertiary/aromatic N) is 4. The number of anilines is 1. The van der Waals surface area contributed by atoms with Crippen LogP contribution in [0.1, 0.15) is 11.8 Å². The van der Waals surface area contributed by atoms with Crippen LogP contribution in [-0.2, 0) is 23.1 Å². The molecule has 1 aromatic carbocycles. The van der Waals surface area contributed by atoms with Gasteiger partial charge >= 0.3 is 13.8 Å². The van der Waals surface area contributed by atoms with E-state index in [2.05, 4.69) is 24.0 Å². The van der Waals surface area contributed by atoms with Crippen LogP contribution < -0.4 is 10.6 Å². The second-order valence-corrected chi connectivity index (χ2v) is 8.54. The van der Waals surface area contributed by atoms with E-state index in [0.717, 1.165) is 6.08 Å². The van der Waals surface area contributed by atoms with E-state index in [4.69, 9.17) is 10.5 Å². The van der Waals surface area contributed by atoms with Gasteiger partial charge in [0.15, 0.2) is 17.7 Å². The van der Waals surface area contributed by atoms with Gasteiger partial charge in [0.25, 0.3) is 0 Å². The maximum absolute atomic E-state index is 12.0. The Labute approximate surface area is 191 Å². The molecule has 15 heteroatoms. The number of rotatable bonds is 7. The molecule has 0 aliphatic carbocycles. The molecule has 0 bridgehead atoms. The number of nitrogens with two attached hydrogens (primary N) is 1. The topological polar surface area (TPSA) is 215 Å². The Hall–Kier alpha value is -3.39. The number of carbonyl (C=O) groups is 1. The Kier molecular flexibility index (Phi) is 6.61. The molecule has 3 heterocycles. The Balaban J connectivity index is 1.36. The van der Waals surface area contributed by atoms with Gasteiger partial charge in [-0.25, -0.2) is 19.7 Å². The number of benzene rings is 1. The average Bonchev–Trinajstić information content (AvgIpc) is 3.34. The van der Waals surface area contributed by atoms with E-state index in [9.17, 15) is 29.6 Å². The summed E-state index contributed by atoms with van der Waals surface area (Å²) in [5.74, 6) is -1.09. The highest BCUT2D eigenvalue weighted by Gasteiger charge is 2.45. The van der Waals surface area contributed by atoms with Crippen molar-refractivity contribution in [2.75, 3.05) is 12.3 Å². The summed E-state index contributed by atoms with van der Waals surface area (Å²) in [4.78, 5) is 35.7. The fraction of sp³-hybridized carbons (Fsp3) is 0.263. The molecule has 34 heavy (non-hydrogen) atoms. The van der Waals surface area contributed by atoms with E-state index in [1.807, 2.05) is 0 Å². The van der Waals surface area contributed by atoms with Crippen LogP contribution in [0.3, 0.4) is 0 Å². The van der Waals surface area contributed by atoms with Crippen molar-refractivity contribution in [1.29, 1.82) is 0 Å². The van der Waals surface area contributed by atoms with Crippen LogP contribution >= 0.6 is 7.82 Å². The first-order valence-electron chi connectivity index (χ1n) is 9.75. The molecular weight excluding hydrogens is 473 g/mol. The molecule has 1 fully saturated rings. The molecule has 180 valence electrons. The number of hydrogen-bond acceptors (Lipinski definition) is 13. The first-order valence-corrected chi connectivity index (χ1v) is 11.2. The first-order chi connectivity index (χ1) is 16.1. The van der Waals surface area contributed by atoms with Gasteiger partial charge in [0, 0.05) is 6.08 Å². The SMILES string of the molecule is Nc1ncnc2c1ncn2[C@@H]1O[C@H](COP(=O)([O-])OC(=O)/C=C/c2ccc(O)cc2)[C@@H](O)[C@H]1O. The highest BCUT2D eigenvalue weighted by Crippen LogP contribution is 2.40. The molecule has 4 rings (SSSR count). The molecule has 2 aromatic heterocycles. The number of phosphoric ester groups is 1. The molecule has 1 saturated heterocycles. The fourth-order valence-corrected chi connectivity index (χ4v) is 3.90. The number of aromatic nitrogens is 4. The van der Waals surface area contributed by atoms with Crippen molar-refractivity contribution in [3.63, 3.8) is 0 Å². The van der Waals surface area contributed by atoms with E-state index in [1.165, 1.54) is 47.6 Å². The number of aromatic hydroxyl groups is 1. The van der Waals surface area contributed by atoms with Crippen LogP contribution in [0, 0.1) is 0 Å². The molecular formula is C19H19N5O9P-. The smallest absolute Gasteiger partial charge is 0.336 e. The van der Waals surface area contributed by atoms with Crippen LogP contribution in [0.5, 0.6) is 5.75 Å². The summed E-state index contributed by atoms with van der Waals surface area (Å²) >= 11 is 0. The summed E-state index contributed by atoms with van der Waals surface area (Å²) in [5, 5.41) is 29.9. The maximum atomic E-state index is 12.0. The molecule has 3 aromatic rings. The van der Waals surface area contributed by atoms with Crippen molar-refractivity contribution >= 4 is 36.8 Å². The van der Waals surface area contributed by atoms with Crippen LogP contribution in [0.25, 0.3) is 17.2 Å². The van der Waals surface area contributed by atoms with Gasteiger partial charge in [-0.15, -0.1) is 0 Å². The lowest BCUT2D eigenvalue weighted by atomic mass is 10.1. The highest BCUT2D eigenvalue weighted by molar-refractivity contribution is 7.46. The molecule has 5 atom stereocenters. The minimum Gasteiger partial charge on any atom is -0.746 e. The lowest BCUT2D eigenvalue weighted by Gasteiger charge is -2.23. The van der Waals surface area contributed by atoms with Crippen molar-refractivity contribution < 1.29 is 43.4 Å². The molecule has 1 aliphatic heterocycles. The minimum atomic E-state index is -5.12. The van der Waals surface area contributed by atoms with Gasteiger partial charge in [-0.1, -0.05) is 12.1 Å². The number of imidazole rings is 1. The second kappa shape index (κ2) is 9.46. The zero-order valence-corrected chi connectivity index (χ0v) is 18.1. The number of aliphatic hydroxyl groups excluding tert-OH is 2. The predicted octanol–water partition coefficient (Wildman–Crippen LogP) is -0.525. The van der Waals surface area contributed by atoms with Crippen LogP contribution in [0.4, 0.5) is 5.82 Å². The Bertz CT molecular complexity index is 1260. The summed E-state index contributed by atoms with van der Waals surface area (Å²) in [6.07, 6.45) is -0.880. The third kappa shape index (κ3) is 5.07. The maximum Gasteiger partial charge on any atom is 0.336 e. The summed E-state index contributed by atoms with van der Waals surface area (Å²) in [7, 11) is -5.12. The van der Waals surface area contributed by atoms with Gasteiger partial charge in [-0.2, -0.15) is 0 Å². The fourth-order valence-electron chi connectivity index (χ4n) is 3.23. The zero-order valence-electron chi connectivity index (χ0n) is 17.2. The van der Waals surface area contributed by atoms with Crippen molar-refractivity contribution in [3.8, 4) is 5.75 Å². The summed E-state index contributed by atoms with van der Waals surface area (Å²) in [6, 6.07) is 5.76. The minimum absolute atomic E-state index is 0.0273. The largest absolute Gasteiger partial charge is 0.746 e. The third-order valence-electron chi connectivity index (χ3n) is 4.90. The number of fused-ring (bicyclic) bond motifs is 1. The Morgan fingerprint density at radius 3 is 2.71 bits per heavy atom. The van der Waals surface area contributed by atoms with E-state index >= 15 is 0 Å². The average molecular weight is 492 g/mol. The van der Waals surface area contributed by atoms with Gasteiger partial charge in [-0.3, -0.25) is 9.13 Å². The molecule has 14 nitrogen and oxygen atoms in total. The molecule has 1 aliphatic rings. The van der Waals surface area contributed by atoms with Gasteiger partial charge in [0.05, 0.1) is 12.9 Å². The summed E-state index contributed by atoms with van der Waals surface area (Å²) in [5.41, 5.74) is 6.73. The van der Waals surface area contributed by atoms with Crippen LogP contribution in [-0.4, -0.2) is 65.7 Å². The normalized spacial score (nSPS) is 24.4. The highest BCUT2D eigenvalue weighted by atomic mass is 31.2. The summed E-state index contributed by atoms with van der Waals surface area (Å²) in [6.45, 7) is -0.742. The molecule has 0 spiro atoms. The lowest BCUT2D eigenvalue weighted by molar-refractivity contribution is -0.226. The zero-order chi connectivity index (χ0) is 24.5. The first kappa shape index (κ1) is 23.8. The van der Waals surface area contributed by atoms with E-state index < -0.39 is 44.9 Å². The quantitative estimate of drug-likeness (QED) is 0.241. The van der Waals surface area contributed by atoms with Crippen molar-refractivity contribution in [3.05, 3.63) is 48.6 Å². The second-order valence-electron chi connectivity index (χ2n) is 7.21. The van der Waals surface area contributed by atoms with Crippen molar-refractivity contribution in [2.24, 2.45) is 0 Å². The monoisotopic (exact) mass is 492 g/mol. The molecule has 0 saturated carbocycles. The van der Waals surface area contributed by atoms with E-state index in [1.54, 1.807) is 0 Å². The Morgan fingerprint density at radius 1 is 1.24 bits per heavy atom. The van der Waals surface area contributed by atoms with Crippen molar-refractivity contribution in [2.45, 2.75) is 24.5 Å². The van der Waals surface area contributed by atoms with Crippen LogP contribution in [0.15, 0.2) is 43.0 Å². The van der Waals surface area contributed by atoms with Gasteiger partial charge in [0.2, 0.25) is 0 Å². The number of phenolic OH excluding ortho intramolecular Hbond substituents is 1. The molecule has 1 unspecified atom stereocenters. The summed E-state index contributed by atoms with van der Waals surface area (Å²) < 4.78 is 27.9. The molecule has 0 amide bonds.